The van der Waals surface area contributed by atoms with Gasteiger partial charge >= 0.3 is 118 Å². The van der Waals surface area contributed by atoms with E-state index in [0.717, 1.165) is 0 Å². The zero-order valence-corrected chi connectivity index (χ0v) is 13.3. The summed E-state index contributed by atoms with van der Waals surface area (Å²) in [6.45, 7) is 0. The molecule has 92 valence electrons. The third kappa shape index (κ3) is 13.2. The van der Waals surface area contributed by atoms with Gasteiger partial charge in [-0.3, -0.25) is 0 Å². The summed E-state index contributed by atoms with van der Waals surface area (Å²) in [4.78, 5) is 0. The Morgan fingerprint density at radius 3 is 2.12 bits per heavy atom. The Morgan fingerprint density at radius 1 is 1.12 bits per heavy atom. The Bertz CT molecular complexity index is 388. The Labute approximate surface area is 117 Å². The van der Waals surface area contributed by atoms with E-state index in [0.29, 0.717) is 45.9 Å². The molecule has 0 radical (unpaired) electrons. The van der Waals surface area contributed by atoms with Gasteiger partial charge in [-0.05, 0) is 0 Å². The van der Waals surface area contributed by atoms with E-state index >= 15 is 0 Å². The Balaban J connectivity index is 3.60. The predicted octanol–water partition coefficient (Wildman–Crippen LogP) is -0.158. The van der Waals surface area contributed by atoms with Crippen molar-refractivity contribution in [2.45, 2.75) is 9.59 Å². The molecule has 0 bridgehead atoms. The molecule has 0 heterocycles. The Hall–Kier alpha value is 1.17. The summed E-state index contributed by atoms with van der Waals surface area (Å²) in [5, 5.41) is 0. The van der Waals surface area contributed by atoms with Gasteiger partial charge in [0.05, 0.1) is 0 Å². The van der Waals surface area contributed by atoms with Gasteiger partial charge in [-0.2, -0.15) is 0 Å². The molecule has 1 atom stereocenters. The first-order chi connectivity index (χ1) is 7.10. The molecule has 6 nitrogen and oxygen atoms in total. The summed E-state index contributed by atoms with van der Waals surface area (Å²) >= 11 is 2.08. The van der Waals surface area contributed by atoms with E-state index in [4.69, 9.17) is 9.11 Å². The number of hydrogen-bond acceptors (Lipinski definition) is 5. The monoisotopic (exact) mass is 300 g/mol. The SMILES string of the molecule is O=S(=O)(O)CCCSC[CH]([Na])CS(=O)(=O)O. The van der Waals surface area contributed by atoms with E-state index in [1.54, 1.807) is 0 Å². The first-order valence-corrected chi connectivity index (χ1v) is 10.1. The van der Waals surface area contributed by atoms with Crippen LogP contribution in [0.3, 0.4) is 0 Å². The molecule has 0 fully saturated rings. The van der Waals surface area contributed by atoms with Crippen molar-refractivity contribution in [3.8, 4) is 0 Å². The van der Waals surface area contributed by atoms with Crippen molar-refractivity contribution in [1.82, 2.24) is 0 Å². The van der Waals surface area contributed by atoms with Gasteiger partial charge in [0.1, 0.15) is 0 Å². The summed E-state index contributed by atoms with van der Waals surface area (Å²) in [5.74, 6) is 0.621. The van der Waals surface area contributed by atoms with Crippen LogP contribution in [-0.4, -0.2) is 76.9 Å². The van der Waals surface area contributed by atoms with Gasteiger partial charge in [-0.15, -0.1) is 0 Å². The maximum atomic E-state index is 10.5. The summed E-state index contributed by atoms with van der Waals surface area (Å²) in [7, 11) is -7.80. The molecule has 0 aromatic rings. The zero-order chi connectivity index (χ0) is 12.8. The molecule has 10 heteroatoms. The maximum absolute atomic E-state index is 10.5. The molecular weight excluding hydrogens is 287 g/mol. The summed E-state index contributed by atoms with van der Waals surface area (Å²) in [6.07, 6.45) is 0.337. The van der Waals surface area contributed by atoms with Crippen molar-refractivity contribution in [2.24, 2.45) is 0 Å². The molecule has 0 aromatic carbocycles. The first kappa shape index (κ1) is 17.2. The molecule has 16 heavy (non-hydrogen) atoms. The van der Waals surface area contributed by atoms with Crippen LogP contribution in [0.25, 0.3) is 0 Å². The molecule has 0 saturated heterocycles. The summed E-state index contributed by atoms with van der Waals surface area (Å²) in [6, 6.07) is 0. The van der Waals surface area contributed by atoms with E-state index in [2.05, 4.69) is 0 Å². The van der Waals surface area contributed by atoms with Gasteiger partial charge in [0.25, 0.3) is 0 Å². The van der Waals surface area contributed by atoms with E-state index in [1.807, 2.05) is 0 Å². The van der Waals surface area contributed by atoms with Crippen LogP contribution in [0, 0.1) is 0 Å². The van der Waals surface area contributed by atoms with Crippen LogP contribution in [0.15, 0.2) is 0 Å². The Morgan fingerprint density at radius 2 is 1.69 bits per heavy atom. The third-order valence-corrected chi connectivity index (χ3v) is 6.77. The van der Waals surface area contributed by atoms with Gasteiger partial charge in [-0.1, -0.05) is 0 Å². The molecule has 0 aromatic heterocycles. The molecule has 1 unspecified atom stereocenters. The molecular formula is C6H13NaO6S3. The standard InChI is InChI=1S/C6H13O6S3.Na/c7-14(8,9)5-1-3-13-4-2-6-15(10,11)12;/h1H,2-6H2,(H,7,8,9)(H,10,11,12);. The predicted molar refractivity (Wildman–Crippen MR) is 64.3 cm³/mol. The molecule has 0 spiro atoms. The quantitative estimate of drug-likeness (QED) is 0.364. The van der Waals surface area contributed by atoms with Gasteiger partial charge in [0.15, 0.2) is 0 Å². The van der Waals surface area contributed by atoms with Crippen LogP contribution in [0.2, 0.25) is 3.17 Å². The average molecular weight is 300 g/mol. The van der Waals surface area contributed by atoms with Crippen LogP contribution in [0.5, 0.6) is 0 Å². The number of thioether (sulfide) groups is 1. The van der Waals surface area contributed by atoms with Crippen LogP contribution < -0.4 is 0 Å². The van der Waals surface area contributed by atoms with E-state index in [9.17, 15) is 16.8 Å². The first-order valence-electron chi connectivity index (χ1n) is 4.58. The molecule has 0 saturated carbocycles. The summed E-state index contributed by atoms with van der Waals surface area (Å²) < 4.78 is 58.7. The second-order valence-electron chi connectivity index (χ2n) is 3.57. The van der Waals surface area contributed by atoms with Crippen molar-refractivity contribution in [3.05, 3.63) is 0 Å². The topological polar surface area (TPSA) is 109 Å². The van der Waals surface area contributed by atoms with Crippen molar-refractivity contribution in [2.75, 3.05) is 23.0 Å². The van der Waals surface area contributed by atoms with Crippen molar-refractivity contribution in [1.29, 1.82) is 0 Å². The minimum absolute atomic E-state index is 0.0502. The van der Waals surface area contributed by atoms with Gasteiger partial charge in [-0.25, -0.2) is 0 Å². The average Bonchev–Trinajstić information content (AvgIpc) is 1.97. The third-order valence-electron chi connectivity index (χ3n) is 1.59. The van der Waals surface area contributed by atoms with Gasteiger partial charge in [0, 0.05) is 0 Å². The molecule has 0 amide bonds. The zero-order valence-electron chi connectivity index (χ0n) is 8.87. The molecule has 0 rings (SSSR count). The molecule has 0 aliphatic rings. The van der Waals surface area contributed by atoms with E-state index in [1.165, 1.54) is 11.8 Å². The van der Waals surface area contributed by atoms with Crippen LogP contribution in [-0.2, 0) is 20.2 Å². The van der Waals surface area contributed by atoms with Gasteiger partial charge in [0.2, 0.25) is 0 Å². The molecule has 0 aliphatic carbocycles. The van der Waals surface area contributed by atoms with E-state index < -0.39 is 20.2 Å². The minimum atomic E-state index is -3.90. The number of hydrogen-bond donors (Lipinski definition) is 2. The fourth-order valence-electron chi connectivity index (χ4n) is 1.04. The van der Waals surface area contributed by atoms with Crippen LogP contribution in [0.4, 0.5) is 0 Å². The normalized spacial score (nSPS) is 15.0. The van der Waals surface area contributed by atoms with Crippen LogP contribution >= 0.6 is 11.8 Å². The summed E-state index contributed by atoms with van der Waals surface area (Å²) in [5.41, 5.74) is 0. The second kappa shape index (κ2) is 7.57. The fourth-order valence-corrected chi connectivity index (χ4v) is 5.72. The Kier molecular flexibility index (Phi) is 8.12. The van der Waals surface area contributed by atoms with E-state index in [-0.39, 0.29) is 14.7 Å². The van der Waals surface area contributed by atoms with Crippen molar-refractivity contribution >= 4 is 59.9 Å². The molecule has 0 aliphatic heterocycles. The number of rotatable bonds is 8. The van der Waals surface area contributed by atoms with Crippen molar-refractivity contribution < 1.29 is 25.9 Å². The van der Waals surface area contributed by atoms with Crippen molar-refractivity contribution in [3.63, 3.8) is 0 Å². The molecule has 2 N–H and O–H groups in total. The van der Waals surface area contributed by atoms with Crippen LogP contribution in [0.1, 0.15) is 6.42 Å². The second-order valence-corrected chi connectivity index (χ2v) is 9.42. The van der Waals surface area contributed by atoms with Gasteiger partial charge < -0.3 is 0 Å². The fraction of sp³-hybridized carbons (Fsp3) is 1.00.